The molecule has 2 aliphatic heterocycles. The van der Waals surface area contributed by atoms with E-state index in [2.05, 4.69) is 27.3 Å². The number of hydrogen-bond donors (Lipinski definition) is 1. The number of hydrogen-bond acceptors (Lipinski definition) is 5. The van der Waals surface area contributed by atoms with Crippen molar-refractivity contribution in [1.82, 2.24) is 15.1 Å². The topological polar surface area (TPSA) is 68.6 Å². The summed E-state index contributed by atoms with van der Waals surface area (Å²) in [7, 11) is 1.65. The Morgan fingerprint density at radius 1 is 1.29 bits per heavy atom. The lowest BCUT2D eigenvalue weighted by atomic mass is 9.93. The molecule has 0 unspecified atom stereocenters. The molecule has 2 aliphatic rings. The highest BCUT2D eigenvalue weighted by molar-refractivity contribution is 5.78. The number of carbonyl (C=O) groups is 1. The number of benzene rings is 1. The normalized spacial score (nSPS) is 21.9. The van der Waals surface area contributed by atoms with Gasteiger partial charge in [-0.25, -0.2) is 0 Å². The summed E-state index contributed by atoms with van der Waals surface area (Å²) in [4.78, 5) is 17.4. The lowest BCUT2D eigenvalue weighted by molar-refractivity contribution is -0.127. The zero-order valence-corrected chi connectivity index (χ0v) is 16.9. The van der Waals surface area contributed by atoms with Gasteiger partial charge in [0, 0.05) is 32.8 Å². The van der Waals surface area contributed by atoms with E-state index in [4.69, 9.17) is 10.00 Å². The molecule has 152 valence electrons. The lowest BCUT2D eigenvalue weighted by Crippen LogP contribution is -2.50. The summed E-state index contributed by atoms with van der Waals surface area (Å²) in [6, 6.07) is 10.7. The van der Waals surface area contributed by atoms with E-state index in [9.17, 15) is 4.79 Å². The quantitative estimate of drug-likeness (QED) is 0.728. The predicted molar refractivity (Wildman–Crippen MR) is 109 cm³/mol. The number of nitrogens with zero attached hydrogens (tertiary/aromatic N) is 3. The summed E-state index contributed by atoms with van der Waals surface area (Å²) in [5.41, 5.74) is 1.94. The van der Waals surface area contributed by atoms with Crippen LogP contribution in [0.1, 0.15) is 36.8 Å². The van der Waals surface area contributed by atoms with E-state index < -0.39 is 0 Å². The minimum atomic E-state index is 0.109. The Labute approximate surface area is 168 Å². The van der Waals surface area contributed by atoms with E-state index in [1.807, 2.05) is 18.2 Å². The Bertz CT molecular complexity index is 679. The lowest BCUT2D eigenvalue weighted by Gasteiger charge is -2.42. The third-order valence-electron chi connectivity index (χ3n) is 5.96. The summed E-state index contributed by atoms with van der Waals surface area (Å²) in [5, 5.41) is 12.1. The third kappa shape index (κ3) is 5.78. The molecule has 1 amide bonds. The molecule has 0 spiro atoms. The van der Waals surface area contributed by atoms with Gasteiger partial charge in [0.1, 0.15) is 0 Å². The van der Waals surface area contributed by atoms with Crippen molar-refractivity contribution in [3.63, 3.8) is 0 Å². The molecule has 28 heavy (non-hydrogen) atoms. The molecule has 0 radical (unpaired) electrons. The third-order valence-corrected chi connectivity index (χ3v) is 5.96. The van der Waals surface area contributed by atoms with Crippen molar-refractivity contribution < 1.29 is 9.53 Å². The molecule has 6 heteroatoms. The molecule has 2 fully saturated rings. The highest BCUT2D eigenvalue weighted by Gasteiger charge is 2.31. The van der Waals surface area contributed by atoms with Crippen molar-refractivity contribution in [3.8, 4) is 6.07 Å². The molecular weight excluding hydrogens is 352 g/mol. The molecule has 1 N–H and O–H groups in total. The van der Waals surface area contributed by atoms with Gasteiger partial charge in [-0.1, -0.05) is 12.1 Å². The van der Waals surface area contributed by atoms with Crippen LogP contribution in [0.2, 0.25) is 0 Å². The second-order valence-corrected chi connectivity index (χ2v) is 7.94. The largest absolute Gasteiger partial charge is 0.383 e. The van der Waals surface area contributed by atoms with Crippen LogP contribution in [0, 0.1) is 17.2 Å². The van der Waals surface area contributed by atoms with E-state index in [-0.39, 0.29) is 11.8 Å². The molecule has 1 atom stereocenters. The van der Waals surface area contributed by atoms with Gasteiger partial charge in [0.05, 0.1) is 24.2 Å². The van der Waals surface area contributed by atoms with Crippen LogP contribution in [0.5, 0.6) is 0 Å². The van der Waals surface area contributed by atoms with Crippen molar-refractivity contribution in [2.45, 2.75) is 38.3 Å². The van der Waals surface area contributed by atoms with E-state index in [0.29, 0.717) is 19.2 Å². The van der Waals surface area contributed by atoms with Gasteiger partial charge >= 0.3 is 0 Å². The first kappa shape index (κ1) is 20.8. The molecule has 0 saturated carbocycles. The van der Waals surface area contributed by atoms with Gasteiger partial charge in [-0.05, 0) is 63.0 Å². The van der Waals surface area contributed by atoms with E-state index in [0.717, 1.165) is 64.0 Å². The molecule has 0 aromatic heterocycles. The zero-order chi connectivity index (χ0) is 19.8. The van der Waals surface area contributed by atoms with Crippen LogP contribution in [-0.2, 0) is 16.1 Å². The monoisotopic (exact) mass is 384 g/mol. The first-order valence-corrected chi connectivity index (χ1v) is 10.4. The fraction of sp³-hybridized carbons (Fsp3) is 0.636. The summed E-state index contributed by atoms with van der Waals surface area (Å²) < 4.78 is 5.02. The fourth-order valence-corrected chi connectivity index (χ4v) is 4.41. The Hall–Kier alpha value is -1.94. The molecule has 2 heterocycles. The highest BCUT2D eigenvalue weighted by Crippen LogP contribution is 2.24. The average molecular weight is 385 g/mol. The SMILES string of the molecule is COCCNC(=O)[C@@H]1CCCN(C2CCN(Cc3cccc(C#N)c3)CC2)C1. The van der Waals surface area contributed by atoms with Crippen molar-refractivity contribution in [3.05, 3.63) is 35.4 Å². The van der Waals surface area contributed by atoms with Gasteiger partial charge in [0.25, 0.3) is 0 Å². The van der Waals surface area contributed by atoms with E-state index in [1.165, 1.54) is 5.56 Å². The standard InChI is InChI=1S/C22H32N4O2/c1-28-13-9-24-22(27)20-6-3-10-26(17-20)21-7-11-25(12-8-21)16-19-5-2-4-18(14-19)15-23/h2,4-5,14,20-21H,3,6-13,16-17H2,1H3,(H,24,27)/t20-/m1/s1. The van der Waals surface area contributed by atoms with Crippen LogP contribution in [0.3, 0.4) is 0 Å². The number of nitriles is 1. The number of nitrogens with one attached hydrogen (secondary N) is 1. The Morgan fingerprint density at radius 3 is 2.86 bits per heavy atom. The van der Waals surface area contributed by atoms with Crippen LogP contribution in [0.25, 0.3) is 0 Å². The van der Waals surface area contributed by atoms with Crippen LogP contribution in [-0.4, -0.2) is 68.2 Å². The Kier molecular flexibility index (Phi) is 7.84. The highest BCUT2D eigenvalue weighted by atomic mass is 16.5. The number of methoxy groups -OCH3 is 1. The van der Waals surface area contributed by atoms with Crippen LogP contribution >= 0.6 is 0 Å². The van der Waals surface area contributed by atoms with Crippen molar-refractivity contribution in [1.29, 1.82) is 5.26 Å². The number of rotatable bonds is 7. The maximum atomic E-state index is 12.4. The number of ether oxygens (including phenoxy) is 1. The van der Waals surface area contributed by atoms with Gasteiger partial charge in [0.2, 0.25) is 5.91 Å². The fourth-order valence-electron chi connectivity index (χ4n) is 4.41. The average Bonchev–Trinajstić information content (AvgIpc) is 2.74. The van der Waals surface area contributed by atoms with E-state index in [1.54, 1.807) is 7.11 Å². The first-order chi connectivity index (χ1) is 13.7. The summed E-state index contributed by atoms with van der Waals surface area (Å²) in [6.45, 7) is 6.21. The summed E-state index contributed by atoms with van der Waals surface area (Å²) in [6.07, 6.45) is 4.39. The van der Waals surface area contributed by atoms with Crippen LogP contribution in [0.4, 0.5) is 0 Å². The Morgan fingerprint density at radius 2 is 2.11 bits per heavy atom. The smallest absolute Gasteiger partial charge is 0.224 e. The number of carbonyl (C=O) groups excluding carboxylic acids is 1. The molecule has 1 aromatic carbocycles. The maximum absolute atomic E-state index is 12.4. The van der Waals surface area contributed by atoms with Gasteiger partial charge in [0.15, 0.2) is 0 Å². The van der Waals surface area contributed by atoms with E-state index >= 15 is 0 Å². The molecule has 0 bridgehead atoms. The van der Waals surface area contributed by atoms with Gasteiger partial charge in [-0.15, -0.1) is 0 Å². The Balaban J connectivity index is 1.45. The van der Waals surface area contributed by atoms with Crippen LogP contribution in [0.15, 0.2) is 24.3 Å². The van der Waals surface area contributed by atoms with Crippen molar-refractivity contribution in [2.75, 3.05) is 46.4 Å². The second kappa shape index (κ2) is 10.6. The predicted octanol–water partition coefficient (Wildman–Crippen LogP) is 2.00. The summed E-state index contributed by atoms with van der Waals surface area (Å²) in [5.74, 6) is 0.286. The minimum absolute atomic E-state index is 0.109. The second-order valence-electron chi connectivity index (χ2n) is 7.94. The molecule has 2 saturated heterocycles. The van der Waals surface area contributed by atoms with Gasteiger partial charge in [-0.3, -0.25) is 14.6 Å². The number of amides is 1. The summed E-state index contributed by atoms with van der Waals surface area (Å²) >= 11 is 0. The number of likely N-dealkylation sites (tertiary alicyclic amines) is 2. The molecular formula is C22H32N4O2. The molecule has 1 aromatic rings. The minimum Gasteiger partial charge on any atom is -0.383 e. The van der Waals surface area contributed by atoms with Crippen molar-refractivity contribution in [2.24, 2.45) is 5.92 Å². The first-order valence-electron chi connectivity index (χ1n) is 10.4. The van der Waals surface area contributed by atoms with Gasteiger partial charge < -0.3 is 10.1 Å². The van der Waals surface area contributed by atoms with Gasteiger partial charge in [-0.2, -0.15) is 5.26 Å². The molecule has 0 aliphatic carbocycles. The van der Waals surface area contributed by atoms with Crippen molar-refractivity contribution >= 4 is 5.91 Å². The number of piperidine rings is 2. The van der Waals surface area contributed by atoms with Crippen LogP contribution < -0.4 is 5.32 Å². The zero-order valence-electron chi connectivity index (χ0n) is 16.9. The maximum Gasteiger partial charge on any atom is 0.224 e. The molecule has 3 rings (SSSR count). The molecule has 6 nitrogen and oxygen atoms in total.